The van der Waals surface area contributed by atoms with Crippen molar-refractivity contribution in [3.63, 3.8) is 0 Å². The van der Waals surface area contributed by atoms with Crippen LogP contribution < -0.4 is 9.47 Å². The molecule has 0 saturated heterocycles. The zero-order valence-corrected chi connectivity index (χ0v) is 19.1. The predicted molar refractivity (Wildman–Crippen MR) is 121 cm³/mol. The zero-order chi connectivity index (χ0) is 21.3. The maximum Gasteiger partial charge on any atom is 0.161 e. The fourth-order valence-electron chi connectivity index (χ4n) is 4.11. The SMILES string of the molecule is COc1cc2c(cc1OC)C(c1cccc(Cl)c1)N(Cc1ccc(F)c(Br)c1)CC2. The highest BCUT2D eigenvalue weighted by Crippen LogP contribution is 2.42. The monoisotopic (exact) mass is 489 g/mol. The van der Waals surface area contributed by atoms with E-state index >= 15 is 0 Å². The number of hydrogen-bond donors (Lipinski definition) is 0. The van der Waals surface area contributed by atoms with E-state index in [1.165, 1.54) is 17.2 Å². The van der Waals surface area contributed by atoms with Crippen LogP contribution in [0, 0.1) is 5.82 Å². The molecule has 0 saturated carbocycles. The molecule has 4 rings (SSSR count). The molecule has 0 fully saturated rings. The second-order valence-electron chi connectivity index (χ2n) is 7.33. The van der Waals surface area contributed by atoms with Gasteiger partial charge in [0.2, 0.25) is 0 Å². The summed E-state index contributed by atoms with van der Waals surface area (Å²) in [5.41, 5.74) is 4.55. The van der Waals surface area contributed by atoms with Crippen molar-refractivity contribution < 1.29 is 13.9 Å². The fraction of sp³-hybridized carbons (Fsp3) is 0.250. The summed E-state index contributed by atoms with van der Waals surface area (Å²) >= 11 is 9.63. The summed E-state index contributed by atoms with van der Waals surface area (Å²) in [6.07, 6.45) is 0.884. The molecule has 0 spiro atoms. The number of benzene rings is 3. The Labute approximate surface area is 189 Å². The third-order valence-corrected chi connectivity index (χ3v) is 6.35. The van der Waals surface area contributed by atoms with Crippen molar-refractivity contribution in [3.8, 4) is 11.5 Å². The molecule has 0 radical (unpaired) electrons. The Bertz CT molecular complexity index is 1080. The second-order valence-corrected chi connectivity index (χ2v) is 8.62. The van der Waals surface area contributed by atoms with E-state index in [-0.39, 0.29) is 11.9 Å². The Morgan fingerprint density at radius 3 is 2.53 bits per heavy atom. The van der Waals surface area contributed by atoms with E-state index in [0.717, 1.165) is 29.8 Å². The highest BCUT2D eigenvalue weighted by molar-refractivity contribution is 9.10. The van der Waals surface area contributed by atoms with Crippen LogP contribution in [-0.4, -0.2) is 25.7 Å². The number of methoxy groups -OCH3 is 2. The molecule has 156 valence electrons. The number of rotatable bonds is 5. The van der Waals surface area contributed by atoms with Crippen molar-refractivity contribution in [3.05, 3.63) is 92.2 Å². The first kappa shape index (κ1) is 21.2. The molecule has 3 aromatic rings. The van der Waals surface area contributed by atoms with Gasteiger partial charge in [0.15, 0.2) is 11.5 Å². The topological polar surface area (TPSA) is 21.7 Å². The molecule has 30 heavy (non-hydrogen) atoms. The molecule has 0 amide bonds. The smallest absolute Gasteiger partial charge is 0.161 e. The van der Waals surface area contributed by atoms with E-state index < -0.39 is 0 Å². The van der Waals surface area contributed by atoms with Crippen molar-refractivity contribution in [2.24, 2.45) is 0 Å². The molecule has 0 N–H and O–H groups in total. The van der Waals surface area contributed by atoms with E-state index in [0.29, 0.717) is 21.8 Å². The lowest BCUT2D eigenvalue weighted by atomic mass is 9.87. The van der Waals surface area contributed by atoms with Crippen LogP contribution in [0.2, 0.25) is 5.02 Å². The standard InChI is InChI=1S/C24H22BrClFNO2/c1-29-22-12-16-8-9-28(14-15-6-7-21(27)20(25)10-15)24(19(16)13-23(22)30-2)17-4-3-5-18(26)11-17/h3-7,10-13,24H,8-9,14H2,1-2H3. The Morgan fingerprint density at radius 1 is 1.07 bits per heavy atom. The first-order chi connectivity index (χ1) is 14.5. The molecular formula is C24H22BrClFNO2. The minimum atomic E-state index is -0.258. The molecule has 0 aromatic heterocycles. The second kappa shape index (κ2) is 8.96. The fourth-order valence-corrected chi connectivity index (χ4v) is 4.73. The molecule has 1 unspecified atom stereocenters. The summed E-state index contributed by atoms with van der Waals surface area (Å²) in [7, 11) is 3.30. The maximum atomic E-state index is 13.7. The van der Waals surface area contributed by atoms with Crippen molar-refractivity contribution >= 4 is 27.5 Å². The number of halogens is 3. The van der Waals surface area contributed by atoms with E-state index in [1.54, 1.807) is 14.2 Å². The van der Waals surface area contributed by atoms with Crippen molar-refractivity contribution in [2.75, 3.05) is 20.8 Å². The van der Waals surface area contributed by atoms with Gasteiger partial charge in [0, 0.05) is 18.1 Å². The molecular weight excluding hydrogens is 469 g/mol. The molecule has 1 aliphatic heterocycles. The average Bonchev–Trinajstić information content (AvgIpc) is 2.75. The number of ether oxygens (including phenoxy) is 2. The van der Waals surface area contributed by atoms with Gasteiger partial charge in [-0.15, -0.1) is 0 Å². The summed E-state index contributed by atoms with van der Waals surface area (Å²) in [6.45, 7) is 1.54. The molecule has 3 nitrogen and oxygen atoms in total. The third kappa shape index (κ3) is 4.20. The van der Waals surface area contributed by atoms with Gasteiger partial charge in [-0.25, -0.2) is 4.39 Å². The van der Waals surface area contributed by atoms with Gasteiger partial charge in [-0.1, -0.05) is 29.8 Å². The van der Waals surface area contributed by atoms with Crippen LogP contribution in [0.5, 0.6) is 11.5 Å². The van der Waals surface area contributed by atoms with Crippen LogP contribution in [0.15, 0.2) is 59.1 Å². The van der Waals surface area contributed by atoms with Crippen LogP contribution in [0.25, 0.3) is 0 Å². The van der Waals surface area contributed by atoms with Crippen molar-refractivity contribution in [1.29, 1.82) is 0 Å². The van der Waals surface area contributed by atoms with E-state index in [9.17, 15) is 4.39 Å². The van der Waals surface area contributed by atoms with Gasteiger partial charge >= 0.3 is 0 Å². The quantitative estimate of drug-likeness (QED) is 0.413. The minimum absolute atomic E-state index is 0.00363. The predicted octanol–water partition coefficient (Wildman–Crippen LogP) is 6.41. The Kier molecular flexibility index (Phi) is 6.32. The van der Waals surface area contributed by atoms with Crippen LogP contribution >= 0.6 is 27.5 Å². The Balaban J connectivity index is 1.80. The Hall–Kier alpha value is -2.08. The van der Waals surface area contributed by atoms with E-state index in [2.05, 4.69) is 39.0 Å². The molecule has 6 heteroatoms. The number of fused-ring (bicyclic) bond motifs is 1. The lowest BCUT2D eigenvalue weighted by Gasteiger charge is -2.38. The van der Waals surface area contributed by atoms with Crippen LogP contribution in [0.1, 0.15) is 28.3 Å². The van der Waals surface area contributed by atoms with Gasteiger partial charge in [-0.05, 0) is 81.0 Å². The van der Waals surface area contributed by atoms with Crippen molar-refractivity contribution in [1.82, 2.24) is 4.90 Å². The molecule has 1 heterocycles. The average molecular weight is 491 g/mol. The van der Waals surface area contributed by atoms with Gasteiger partial charge in [-0.2, -0.15) is 0 Å². The van der Waals surface area contributed by atoms with Crippen LogP contribution in [0.4, 0.5) is 4.39 Å². The molecule has 3 aromatic carbocycles. The van der Waals surface area contributed by atoms with Gasteiger partial charge in [0.05, 0.1) is 24.7 Å². The third-order valence-electron chi connectivity index (χ3n) is 5.51. The summed E-state index contributed by atoms with van der Waals surface area (Å²) in [6, 6.07) is 17.2. The van der Waals surface area contributed by atoms with Crippen LogP contribution in [0.3, 0.4) is 0 Å². The van der Waals surface area contributed by atoms with E-state index in [1.807, 2.05) is 30.3 Å². The highest BCUT2D eigenvalue weighted by Gasteiger charge is 2.30. The summed E-state index contributed by atoms with van der Waals surface area (Å²) in [4.78, 5) is 2.39. The van der Waals surface area contributed by atoms with E-state index in [4.69, 9.17) is 21.1 Å². The highest BCUT2D eigenvalue weighted by atomic mass is 79.9. The maximum absolute atomic E-state index is 13.7. The van der Waals surface area contributed by atoms with Gasteiger partial charge in [0.1, 0.15) is 5.82 Å². The first-order valence-corrected chi connectivity index (χ1v) is 10.9. The lowest BCUT2D eigenvalue weighted by Crippen LogP contribution is -2.35. The summed E-state index contributed by atoms with van der Waals surface area (Å²) < 4.78 is 25.3. The molecule has 0 aliphatic carbocycles. The minimum Gasteiger partial charge on any atom is -0.493 e. The van der Waals surface area contributed by atoms with Gasteiger partial charge in [-0.3, -0.25) is 4.90 Å². The van der Waals surface area contributed by atoms with Crippen LogP contribution in [-0.2, 0) is 13.0 Å². The molecule has 0 bridgehead atoms. The number of nitrogens with zero attached hydrogens (tertiary/aromatic N) is 1. The lowest BCUT2D eigenvalue weighted by molar-refractivity contribution is 0.203. The molecule has 1 aliphatic rings. The van der Waals surface area contributed by atoms with Crippen molar-refractivity contribution in [2.45, 2.75) is 19.0 Å². The first-order valence-electron chi connectivity index (χ1n) is 9.68. The Morgan fingerprint density at radius 2 is 1.83 bits per heavy atom. The summed E-state index contributed by atoms with van der Waals surface area (Å²) in [5, 5.41) is 0.699. The normalized spacial score (nSPS) is 16.2. The molecule has 1 atom stereocenters. The van der Waals surface area contributed by atoms with Gasteiger partial charge in [0.25, 0.3) is 0 Å². The zero-order valence-electron chi connectivity index (χ0n) is 16.8. The number of hydrogen-bond acceptors (Lipinski definition) is 3. The summed E-state index contributed by atoms with van der Waals surface area (Å²) in [5.74, 6) is 1.18. The van der Waals surface area contributed by atoms with Gasteiger partial charge < -0.3 is 9.47 Å². The largest absolute Gasteiger partial charge is 0.493 e.